The van der Waals surface area contributed by atoms with Crippen molar-refractivity contribution in [2.75, 3.05) is 6.54 Å². The van der Waals surface area contributed by atoms with Gasteiger partial charge in [0.25, 0.3) is 5.91 Å². The van der Waals surface area contributed by atoms with Gasteiger partial charge in [-0.15, -0.1) is 0 Å². The largest absolute Gasteiger partial charge is 0.507 e. The van der Waals surface area contributed by atoms with E-state index in [1.165, 1.54) is 12.1 Å². The highest BCUT2D eigenvalue weighted by Gasteiger charge is 2.24. The van der Waals surface area contributed by atoms with Crippen molar-refractivity contribution in [1.82, 2.24) is 5.32 Å². The predicted molar refractivity (Wildman–Crippen MR) is 65.9 cm³/mol. The molecule has 1 rings (SSSR count). The number of aromatic hydroxyl groups is 1. The highest BCUT2D eigenvalue weighted by molar-refractivity contribution is 5.97. The highest BCUT2D eigenvalue weighted by atomic mass is 19.1. The van der Waals surface area contributed by atoms with E-state index < -0.39 is 29.1 Å². The summed E-state index contributed by atoms with van der Waals surface area (Å²) in [5, 5.41) is 21.6. The Hall–Kier alpha value is -1.62. The number of nitrogens with one attached hydrogen (secondary N) is 1. The number of benzene rings is 1. The number of amides is 1. The molecular weight excluding hydrogens is 237 g/mol. The van der Waals surface area contributed by atoms with E-state index in [9.17, 15) is 19.4 Å². The molecule has 0 saturated carbocycles. The summed E-state index contributed by atoms with van der Waals surface area (Å²) in [7, 11) is 0. The van der Waals surface area contributed by atoms with Crippen LogP contribution in [-0.4, -0.2) is 28.8 Å². The minimum Gasteiger partial charge on any atom is -0.507 e. The molecule has 0 unspecified atom stereocenters. The molecule has 18 heavy (non-hydrogen) atoms. The summed E-state index contributed by atoms with van der Waals surface area (Å²) in [5.74, 6) is -1.95. The normalized spacial score (nSPS) is 13.2. The smallest absolute Gasteiger partial charge is 0.258 e. The lowest BCUT2D eigenvalue weighted by Gasteiger charge is -2.25. The summed E-state index contributed by atoms with van der Waals surface area (Å²) in [5.41, 5.74) is -0.788. The maximum atomic E-state index is 13.4. The van der Waals surface area contributed by atoms with Crippen molar-refractivity contribution in [2.45, 2.75) is 26.9 Å². The molecule has 0 fully saturated rings. The third-order valence-corrected chi connectivity index (χ3v) is 2.67. The van der Waals surface area contributed by atoms with Crippen molar-refractivity contribution in [2.24, 2.45) is 5.41 Å². The lowest BCUT2D eigenvalue weighted by molar-refractivity contribution is 0.0585. The van der Waals surface area contributed by atoms with E-state index in [0.717, 1.165) is 6.07 Å². The topological polar surface area (TPSA) is 69.6 Å². The van der Waals surface area contributed by atoms with E-state index in [-0.39, 0.29) is 12.0 Å². The molecule has 0 aromatic heterocycles. The van der Waals surface area contributed by atoms with Crippen LogP contribution in [0.2, 0.25) is 0 Å². The Balaban J connectivity index is 2.73. The van der Waals surface area contributed by atoms with Crippen molar-refractivity contribution >= 4 is 5.91 Å². The van der Waals surface area contributed by atoms with Gasteiger partial charge in [0.15, 0.2) is 0 Å². The van der Waals surface area contributed by atoms with Gasteiger partial charge in [-0.3, -0.25) is 4.79 Å². The molecule has 0 spiro atoms. The van der Waals surface area contributed by atoms with E-state index in [1.54, 1.807) is 0 Å². The number of carbonyl (C=O) groups is 1. The average Bonchev–Trinajstić information content (AvgIpc) is 2.24. The van der Waals surface area contributed by atoms with Crippen LogP contribution in [0, 0.1) is 11.2 Å². The number of aliphatic hydroxyl groups is 1. The predicted octanol–water partition coefficient (Wildman–Crippen LogP) is 1.67. The minimum atomic E-state index is -0.794. The maximum absolute atomic E-state index is 13.4. The molecule has 5 heteroatoms. The molecule has 0 heterocycles. The zero-order valence-electron chi connectivity index (χ0n) is 10.7. The van der Waals surface area contributed by atoms with Crippen molar-refractivity contribution in [3.63, 3.8) is 0 Å². The second-order valence-corrected chi connectivity index (χ2v) is 5.23. The Morgan fingerprint density at radius 2 is 2.06 bits per heavy atom. The fourth-order valence-electron chi connectivity index (χ4n) is 1.32. The quantitative estimate of drug-likeness (QED) is 0.769. The molecular formula is C13H18FNO3. The van der Waals surface area contributed by atoms with E-state index in [4.69, 9.17) is 0 Å². The monoisotopic (exact) mass is 255 g/mol. The molecule has 0 aliphatic heterocycles. The maximum Gasteiger partial charge on any atom is 0.258 e. The van der Waals surface area contributed by atoms with Gasteiger partial charge in [-0.2, -0.15) is 0 Å². The van der Waals surface area contributed by atoms with Gasteiger partial charge >= 0.3 is 0 Å². The second kappa shape index (κ2) is 5.35. The van der Waals surface area contributed by atoms with Crippen molar-refractivity contribution < 1.29 is 19.4 Å². The number of aliphatic hydroxyl groups excluding tert-OH is 1. The standard InChI is InChI=1S/C13H18FNO3/c1-13(2,3)10(17)7-15-12(18)11-8(14)5-4-6-9(11)16/h4-6,10,16-17H,7H2,1-3H3,(H,15,18)/t10-/m1/s1. The van der Waals surface area contributed by atoms with Crippen LogP contribution in [0.1, 0.15) is 31.1 Å². The first kappa shape index (κ1) is 14.4. The van der Waals surface area contributed by atoms with E-state index in [2.05, 4.69) is 5.32 Å². The third-order valence-electron chi connectivity index (χ3n) is 2.67. The molecule has 0 aliphatic carbocycles. The molecule has 1 aromatic carbocycles. The summed E-state index contributed by atoms with van der Waals surface area (Å²) in [6.45, 7) is 5.47. The van der Waals surface area contributed by atoms with Crippen molar-refractivity contribution in [3.8, 4) is 5.75 Å². The molecule has 1 aromatic rings. The first-order valence-electron chi connectivity index (χ1n) is 5.67. The number of phenols is 1. The summed E-state index contributed by atoms with van der Waals surface area (Å²) in [4.78, 5) is 11.7. The fourth-order valence-corrected chi connectivity index (χ4v) is 1.32. The van der Waals surface area contributed by atoms with Gasteiger partial charge < -0.3 is 15.5 Å². The number of carbonyl (C=O) groups excluding carboxylic acids is 1. The molecule has 4 nitrogen and oxygen atoms in total. The molecule has 3 N–H and O–H groups in total. The summed E-state index contributed by atoms with van der Waals surface area (Å²) in [6.07, 6.45) is -0.754. The first-order valence-corrected chi connectivity index (χ1v) is 5.67. The SMILES string of the molecule is CC(C)(C)[C@H](O)CNC(=O)c1c(O)cccc1F. The van der Waals surface area contributed by atoms with Crippen molar-refractivity contribution in [1.29, 1.82) is 0 Å². The minimum absolute atomic E-state index is 0.00386. The van der Waals surface area contributed by atoms with Gasteiger partial charge in [0, 0.05) is 6.54 Å². The van der Waals surface area contributed by atoms with E-state index >= 15 is 0 Å². The Morgan fingerprint density at radius 1 is 1.44 bits per heavy atom. The highest BCUT2D eigenvalue weighted by Crippen LogP contribution is 2.21. The summed E-state index contributed by atoms with van der Waals surface area (Å²) >= 11 is 0. The molecule has 0 aliphatic rings. The van der Waals surface area contributed by atoms with Crippen LogP contribution in [-0.2, 0) is 0 Å². The van der Waals surface area contributed by atoms with Gasteiger partial charge in [-0.05, 0) is 17.5 Å². The van der Waals surface area contributed by atoms with Crippen LogP contribution in [0.5, 0.6) is 5.75 Å². The molecule has 1 amide bonds. The molecule has 0 bridgehead atoms. The fraction of sp³-hybridized carbons (Fsp3) is 0.462. The molecule has 0 radical (unpaired) electrons. The van der Waals surface area contributed by atoms with Gasteiger partial charge in [0.2, 0.25) is 0 Å². The summed E-state index contributed by atoms with van der Waals surface area (Å²) in [6, 6.07) is 3.64. The number of hydrogen-bond acceptors (Lipinski definition) is 3. The van der Waals surface area contributed by atoms with Crippen LogP contribution in [0.15, 0.2) is 18.2 Å². The van der Waals surface area contributed by atoms with Crippen molar-refractivity contribution in [3.05, 3.63) is 29.6 Å². The van der Waals surface area contributed by atoms with Gasteiger partial charge in [0.05, 0.1) is 6.10 Å². The van der Waals surface area contributed by atoms with Gasteiger partial charge in [-0.1, -0.05) is 26.8 Å². The second-order valence-electron chi connectivity index (χ2n) is 5.23. The van der Waals surface area contributed by atoms with Crippen LogP contribution in [0.4, 0.5) is 4.39 Å². The van der Waals surface area contributed by atoms with Crippen LogP contribution >= 0.6 is 0 Å². The van der Waals surface area contributed by atoms with E-state index in [1.807, 2.05) is 20.8 Å². The van der Waals surface area contributed by atoms with Gasteiger partial charge in [0.1, 0.15) is 17.1 Å². The Kier molecular flexibility index (Phi) is 4.29. The lowest BCUT2D eigenvalue weighted by Crippen LogP contribution is -2.39. The number of halogens is 1. The van der Waals surface area contributed by atoms with Gasteiger partial charge in [-0.25, -0.2) is 4.39 Å². The zero-order chi connectivity index (χ0) is 13.9. The molecule has 100 valence electrons. The third kappa shape index (κ3) is 3.43. The van der Waals surface area contributed by atoms with Crippen LogP contribution in [0.3, 0.4) is 0 Å². The molecule has 0 saturated heterocycles. The first-order chi connectivity index (χ1) is 8.23. The summed E-state index contributed by atoms with van der Waals surface area (Å²) < 4.78 is 13.4. The number of phenolic OH excluding ortho intramolecular Hbond substituents is 1. The number of hydrogen-bond donors (Lipinski definition) is 3. The zero-order valence-corrected chi connectivity index (χ0v) is 10.7. The Labute approximate surface area is 105 Å². The average molecular weight is 255 g/mol. The lowest BCUT2D eigenvalue weighted by atomic mass is 9.89. The van der Waals surface area contributed by atoms with E-state index in [0.29, 0.717) is 0 Å². The number of rotatable bonds is 3. The van der Waals surface area contributed by atoms with Crippen LogP contribution < -0.4 is 5.32 Å². The Bertz CT molecular complexity index is 420. The molecule has 1 atom stereocenters. The Morgan fingerprint density at radius 3 is 2.56 bits per heavy atom. The van der Waals surface area contributed by atoms with Crippen LogP contribution in [0.25, 0.3) is 0 Å².